The van der Waals surface area contributed by atoms with Crippen molar-refractivity contribution in [1.82, 2.24) is 16.0 Å². The second-order valence-electron chi connectivity index (χ2n) is 4.25. The van der Waals surface area contributed by atoms with Gasteiger partial charge in [0.15, 0.2) is 0 Å². The second-order valence-corrected chi connectivity index (χ2v) is 5.20. The maximum absolute atomic E-state index is 11.6. The number of carbonyl (C=O) groups excluding carboxylic acids is 2. The first kappa shape index (κ1) is 16.7. The lowest BCUT2D eigenvalue weighted by Crippen LogP contribution is -2.38. The highest BCUT2D eigenvalue weighted by atomic mass is 35.5. The molecule has 1 aliphatic heterocycles. The molecule has 110 valence electrons. The predicted octanol–water partition coefficient (Wildman–Crippen LogP) is 0.936. The molecule has 3 N–H and O–H groups in total. The molecule has 1 aromatic rings. The molecular weight excluding hydrogens is 298 g/mol. The number of thiophene rings is 1. The second kappa shape index (κ2) is 8.73. The molecule has 0 bridgehead atoms. The Morgan fingerprint density at radius 2 is 2.20 bits per heavy atom. The zero-order chi connectivity index (χ0) is 13.5. The van der Waals surface area contributed by atoms with Gasteiger partial charge in [0.1, 0.15) is 0 Å². The van der Waals surface area contributed by atoms with Crippen molar-refractivity contribution in [1.29, 1.82) is 0 Å². The zero-order valence-electron chi connectivity index (χ0n) is 11.0. The van der Waals surface area contributed by atoms with Crippen molar-refractivity contribution in [3.8, 4) is 0 Å². The highest BCUT2D eigenvalue weighted by molar-refractivity contribution is 7.12. The molecule has 0 aromatic carbocycles. The minimum atomic E-state index is -0.203. The average Bonchev–Trinajstić information content (AvgIpc) is 2.98. The number of hydrogen-bond donors (Lipinski definition) is 3. The van der Waals surface area contributed by atoms with Gasteiger partial charge in [-0.05, 0) is 24.4 Å². The number of hydrogen-bond acceptors (Lipinski definition) is 4. The smallest absolute Gasteiger partial charge is 0.261 e. The molecule has 0 unspecified atom stereocenters. The lowest BCUT2D eigenvalue weighted by atomic mass is 10.1. The van der Waals surface area contributed by atoms with Gasteiger partial charge in [0.2, 0.25) is 5.91 Å². The van der Waals surface area contributed by atoms with Crippen molar-refractivity contribution < 1.29 is 9.59 Å². The Morgan fingerprint density at radius 1 is 1.35 bits per heavy atom. The van der Waals surface area contributed by atoms with Gasteiger partial charge in [-0.1, -0.05) is 17.7 Å². The van der Waals surface area contributed by atoms with Crippen LogP contribution < -0.4 is 16.0 Å². The SMILES string of the molecule is Cl.O=C(CNC(=O)c1cccs1)NCC1=CCNCC1. The minimum Gasteiger partial charge on any atom is -0.351 e. The quantitative estimate of drug-likeness (QED) is 0.708. The van der Waals surface area contributed by atoms with E-state index >= 15 is 0 Å². The van der Waals surface area contributed by atoms with Crippen LogP contribution in [0.3, 0.4) is 0 Å². The first-order valence-electron chi connectivity index (χ1n) is 6.23. The van der Waals surface area contributed by atoms with Gasteiger partial charge in [0.25, 0.3) is 5.91 Å². The Morgan fingerprint density at radius 3 is 2.85 bits per heavy atom. The largest absolute Gasteiger partial charge is 0.351 e. The summed E-state index contributed by atoms with van der Waals surface area (Å²) in [7, 11) is 0. The Balaban J connectivity index is 0.00000200. The van der Waals surface area contributed by atoms with Gasteiger partial charge in [-0.3, -0.25) is 9.59 Å². The lowest BCUT2D eigenvalue weighted by molar-refractivity contribution is -0.119. The van der Waals surface area contributed by atoms with Gasteiger partial charge in [-0.25, -0.2) is 0 Å². The van der Waals surface area contributed by atoms with Crippen molar-refractivity contribution in [2.45, 2.75) is 6.42 Å². The number of nitrogens with one attached hydrogen (secondary N) is 3. The van der Waals surface area contributed by atoms with Gasteiger partial charge < -0.3 is 16.0 Å². The van der Waals surface area contributed by atoms with Crippen LogP contribution in [0.2, 0.25) is 0 Å². The molecule has 1 aliphatic rings. The summed E-state index contributed by atoms with van der Waals surface area (Å²) >= 11 is 1.36. The van der Waals surface area contributed by atoms with Gasteiger partial charge >= 0.3 is 0 Å². The van der Waals surface area contributed by atoms with Crippen LogP contribution in [0.4, 0.5) is 0 Å². The molecule has 2 rings (SSSR count). The van der Waals surface area contributed by atoms with Crippen LogP contribution in [0.1, 0.15) is 16.1 Å². The topological polar surface area (TPSA) is 70.2 Å². The molecule has 7 heteroatoms. The van der Waals surface area contributed by atoms with Crippen molar-refractivity contribution in [2.75, 3.05) is 26.2 Å². The van der Waals surface area contributed by atoms with E-state index in [4.69, 9.17) is 0 Å². The average molecular weight is 316 g/mol. The summed E-state index contributed by atoms with van der Waals surface area (Å²) in [6.07, 6.45) is 3.05. The summed E-state index contributed by atoms with van der Waals surface area (Å²) in [5.74, 6) is -0.365. The molecule has 0 saturated heterocycles. The summed E-state index contributed by atoms with van der Waals surface area (Å²) < 4.78 is 0. The van der Waals surface area contributed by atoms with Crippen molar-refractivity contribution in [3.05, 3.63) is 34.0 Å². The van der Waals surface area contributed by atoms with E-state index in [1.165, 1.54) is 16.9 Å². The molecule has 0 fully saturated rings. The Labute approximate surface area is 128 Å². The molecular formula is C13H18ClN3O2S. The third-order valence-corrected chi connectivity index (χ3v) is 3.69. The van der Waals surface area contributed by atoms with E-state index in [-0.39, 0.29) is 30.8 Å². The molecule has 2 heterocycles. The van der Waals surface area contributed by atoms with Crippen LogP contribution in [0.25, 0.3) is 0 Å². The van der Waals surface area contributed by atoms with Crippen LogP contribution >= 0.6 is 23.7 Å². The normalized spacial score (nSPS) is 13.9. The Bertz CT molecular complexity index is 474. The highest BCUT2D eigenvalue weighted by Gasteiger charge is 2.09. The van der Waals surface area contributed by atoms with Crippen molar-refractivity contribution in [3.63, 3.8) is 0 Å². The molecule has 1 aromatic heterocycles. The zero-order valence-corrected chi connectivity index (χ0v) is 12.6. The highest BCUT2D eigenvalue weighted by Crippen LogP contribution is 2.07. The molecule has 0 saturated carbocycles. The minimum absolute atomic E-state index is 0. The fourth-order valence-electron chi connectivity index (χ4n) is 1.76. The molecule has 5 nitrogen and oxygen atoms in total. The molecule has 0 spiro atoms. The molecule has 20 heavy (non-hydrogen) atoms. The third-order valence-electron chi connectivity index (χ3n) is 2.83. The van der Waals surface area contributed by atoms with E-state index in [1.807, 2.05) is 11.4 Å². The van der Waals surface area contributed by atoms with Crippen LogP contribution in [0, 0.1) is 0 Å². The standard InChI is InChI=1S/C13H17N3O2S.ClH/c17-12(15-8-10-3-5-14-6-4-10)9-16-13(18)11-2-1-7-19-11;/h1-3,7,14H,4-6,8-9H2,(H,15,17)(H,16,18);1H. The van der Waals surface area contributed by atoms with Gasteiger partial charge in [0.05, 0.1) is 11.4 Å². The first-order chi connectivity index (χ1) is 9.25. The Kier molecular flexibility index (Phi) is 7.28. The summed E-state index contributed by atoms with van der Waals surface area (Å²) in [5.41, 5.74) is 1.23. The van der Waals surface area contributed by atoms with E-state index in [2.05, 4.69) is 22.0 Å². The van der Waals surface area contributed by atoms with E-state index in [0.29, 0.717) is 11.4 Å². The van der Waals surface area contributed by atoms with Crippen LogP contribution in [-0.2, 0) is 4.79 Å². The number of amides is 2. The third kappa shape index (κ3) is 5.32. The fraction of sp³-hybridized carbons (Fsp3) is 0.385. The van der Waals surface area contributed by atoms with Crippen LogP contribution in [0.5, 0.6) is 0 Å². The van der Waals surface area contributed by atoms with E-state index in [9.17, 15) is 9.59 Å². The summed E-state index contributed by atoms with van der Waals surface area (Å²) in [4.78, 5) is 23.8. The van der Waals surface area contributed by atoms with Crippen LogP contribution in [-0.4, -0.2) is 38.0 Å². The maximum atomic E-state index is 11.6. The molecule has 2 amide bonds. The summed E-state index contributed by atoms with van der Waals surface area (Å²) in [6, 6.07) is 3.54. The van der Waals surface area contributed by atoms with Gasteiger partial charge in [-0.15, -0.1) is 23.7 Å². The predicted molar refractivity (Wildman–Crippen MR) is 82.5 cm³/mol. The fourth-order valence-corrected chi connectivity index (χ4v) is 2.40. The Hall–Kier alpha value is -1.37. The summed E-state index contributed by atoms with van der Waals surface area (Å²) in [6.45, 7) is 2.40. The van der Waals surface area contributed by atoms with Crippen LogP contribution in [0.15, 0.2) is 29.2 Å². The van der Waals surface area contributed by atoms with Crippen molar-refractivity contribution in [2.24, 2.45) is 0 Å². The number of rotatable bonds is 5. The lowest BCUT2D eigenvalue weighted by Gasteiger charge is -2.14. The monoisotopic (exact) mass is 315 g/mol. The first-order valence-corrected chi connectivity index (χ1v) is 7.10. The van der Waals surface area contributed by atoms with E-state index in [1.54, 1.807) is 6.07 Å². The van der Waals surface area contributed by atoms with Gasteiger partial charge in [0, 0.05) is 13.1 Å². The molecule has 0 radical (unpaired) electrons. The number of carbonyl (C=O) groups is 2. The van der Waals surface area contributed by atoms with Gasteiger partial charge in [-0.2, -0.15) is 0 Å². The van der Waals surface area contributed by atoms with Crippen molar-refractivity contribution >= 4 is 35.6 Å². The summed E-state index contributed by atoms with van der Waals surface area (Å²) in [5, 5.41) is 10.5. The van der Waals surface area contributed by atoms with E-state index < -0.39 is 0 Å². The molecule has 0 aliphatic carbocycles. The molecule has 0 atom stereocenters. The number of halogens is 1. The van der Waals surface area contributed by atoms with E-state index in [0.717, 1.165) is 19.5 Å². The maximum Gasteiger partial charge on any atom is 0.261 e.